The number of hydrogen-bond acceptors (Lipinski definition) is 2. The molecule has 0 amide bonds. The minimum atomic E-state index is 0.493. The molecule has 0 saturated heterocycles. The lowest BCUT2D eigenvalue weighted by molar-refractivity contribution is 0.149. The molecule has 1 aliphatic rings. The molecule has 0 radical (unpaired) electrons. The van der Waals surface area contributed by atoms with Crippen LogP contribution in [0.5, 0.6) is 0 Å². The van der Waals surface area contributed by atoms with Crippen molar-refractivity contribution in [2.75, 3.05) is 6.54 Å². The molecule has 0 bridgehead atoms. The van der Waals surface area contributed by atoms with Gasteiger partial charge in [-0.25, -0.2) is 0 Å². The molecular formula is C16H29N3. The molecule has 1 aromatic rings. The third-order valence-electron chi connectivity index (χ3n) is 4.73. The number of rotatable bonds is 4. The van der Waals surface area contributed by atoms with E-state index in [2.05, 4.69) is 37.3 Å². The Morgan fingerprint density at radius 2 is 1.95 bits per heavy atom. The summed E-state index contributed by atoms with van der Waals surface area (Å²) in [5.41, 5.74) is 1.76. The molecule has 3 heteroatoms. The van der Waals surface area contributed by atoms with Gasteiger partial charge in [-0.3, -0.25) is 4.68 Å². The first-order chi connectivity index (χ1) is 8.97. The van der Waals surface area contributed by atoms with Crippen LogP contribution in [0.15, 0.2) is 12.3 Å². The van der Waals surface area contributed by atoms with Gasteiger partial charge in [0.15, 0.2) is 0 Å². The Kier molecular flexibility index (Phi) is 4.67. The largest absolute Gasteiger partial charge is 0.311 e. The topological polar surface area (TPSA) is 29.9 Å². The lowest BCUT2D eigenvalue weighted by Gasteiger charge is -2.37. The smallest absolute Gasteiger partial charge is 0.0518 e. The summed E-state index contributed by atoms with van der Waals surface area (Å²) in [5, 5.41) is 7.79. The van der Waals surface area contributed by atoms with Crippen LogP contribution in [0.4, 0.5) is 0 Å². The van der Waals surface area contributed by atoms with Crippen molar-refractivity contribution in [2.45, 2.75) is 53.0 Å². The Labute approximate surface area is 117 Å². The lowest BCUT2D eigenvalue weighted by Crippen LogP contribution is -2.30. The molecule has 0 aliphatic heterocycles. The Balaban J connectivity index is 1.68. The Morgan fingerprint density at radius 3 is 2.47 bits per heavy atom. The maximum Gasteiger partial charge on any atom is 0.0518 e. The zero-order chi connectivity index (χ0) is 13.9. The molecule has 1 heterocycles. The third kappa shape index (κ3) is 4.07. The van der Waals surface area contributed by atoms with Gasteiger partial charge >= 0.3 is 0 Å². The summed E-state index contributed by atoms with van der Waals surface area (Å²) >= 11 is 0. The predicted octanol–water partition coefficient (Wildman–Crippen LogP) is 3.36. The molecule has 3 nitrogen and oxygen atoms in total. The summed E-state index contributed by atoms with van der Waals surface area (Å²) in [4.78, 5) is 0. The van der Waals surface area contributed by atoms with E-state index < -0.39 is 0 Å². The van der Waals surface area contributed by atoms with Gasteiger partial charge in [0.05, 0.1) is 5.69 Å². The van der Waals surface area contributed by atoms with Crippen molar-refractivity contribution in [3.63, 3.8) is 0 Å². The highest BCUT2D eigenvalue weighted by Gasteiger charge is 2.29. The summed E-state index contributed by atoms with van der Waals surface area (Å²) in [7, 11) is 2.01. The monoisotopic (exact) mass is 263 g/mol. The summed E-state index contributed by atoms with van der Waals surface area (Å²) in [5.74, 6) is 1.78. The molecule has 2 rings (SSSR count). The minimum Gasteiger partial charge on any atom is -0.311 e. The normalized spacial score (nSPS) is 24.6. The SMILES string of the molecule is Cn1nccc1CNCC1CCC(C(C)(C)C)CC1. The average Bonchev–Trinajstić information content (AvgIpc) is 2.75. The average molecular weight is 263 g/mol. The van der Waals surface area contributed by atoms with Gasteiger partial charge in [0.25, 0.3) is 0 Å². The van der Waals surface area contributed by atoms with Crippen LogP contribution >= 0.6 is 0 Å². The molecular weight excluding hydrogens is 234 g/mol. The maximum absolute atomic E-state index is 4.20. The van der Waals surface area contributed by atoms with Crippen LogP contribution in [0.25, 0.3) is 0 Å². The highest BCUT2D eigenvalue weighted by molar-refractivity contribution is 4.99. The molecule has 0 aromatic carbocycles. The van der Waals surface area contributed by atoms with E-state index in [9.17, 15) is 0 Å². The second-order valence-corrected chi connectivity index (χ2v) is 7.16. The number of hydrogen-bond donors (Lipinski definition) is 1. The third-order valence-corrected chi connectivity index (χ3v) is 4.73. The molecule has 1 saturated carbocycles. The summed E-state index contributed by atoms with van der Waals surface area (Å²) in [6.07, 6.45) is 7.45. The van der Waals surface area contributed by atoms with Crippen LogP contribution in [-0.4, -0.2) is 16.3 Å². The number of nitrogens with one attached hydrogen (secondary N) is 1. The van der Waals surface area contributed by atoms with E-state index in [-0.39, 0.29) is 0 Å². The first kappa shape index (κ1) is 14.6. The van der Waals surface area contributed by atoms with Crippen molar-refractivity contribution in [2.24, 2.45) is 24.3 Å². The van der Waals surface area contributed by atoms with E-state index in [0.29, 0.717) is 5.41 Å². The molecule has 0 spiro atoms. The molecule has 19 heavy (non-hydrogen) atoms. The van der Waals surface area contributed by atoms with Crippen molar-refractivity contribution in [1.82, 2.24) is 15.1 Å². The van der Waals surface area contributed by atoms with Crippen LogP contribution in [0.2, 0.25) is 0 Å². The fraction of sp³-hybridized carbons (Fsp3) is 0.812. The van der Waals surface area contributed by atoms with Crippen LogP contribution in [-0.2, 0) is 13.6 Å². The maximum atomic E-state index is 4.20. The molecule has 1 aliphatic carbocycles. The van der Waals surface area contributed by atoms with Crippen molar-refractivity contribution in [1.29, 1.82) is 0 Å². The second kappa shape index (κ2) is 6.08. The van der Waals surface area contributed by atoms with E-state index in [1.54, 1.807) is 0 Å². The van der Waals surface area contributed by atoms with Gasteiger partial charge in [0.1, 0.15) is 0 Å². The van der Waals surface area contributed by atoms with Gasteiger partial charge in [-0.1, -0.05) is 20.8 Å². The molecule has 1 aromatic heterocycles. The second-order valence-electron chi connectivity index (χ2n) is 7.16. The first-order valence-corrected chi connectivity index (χ1v) is 7.64. The summed E-state index contributed by atoms with van der Waals surface area (Å²) < 4.78 is 1.95. The predicted molar refractivity (Wildman–Crippen MR) is 79.8 cm³/mol. The Hall–Kier alpha value is -0.830. The van der Waals surface area contributed by atoms with E-state index >= 15 is 0 Å². The zero-order valence-electron chi connectivity index (χ0n) is 12.9. The van der Waals surface area contributed by atoms with Crippen LogP contribution in [0.3, 0.4) is 0 Å². The minimum absolute atomic E-state index is 0.493. The highest BCUT2D eigenvalue weighted by atomic mass is 15.3. The van der Waals surface area contributed by atoms with Gasteiger partial charge in [0.2, 0.25) is 0 Å². The van der Waals surface area contributed by atoms with Crippen LogP contribution < -0.4 is 5.32 Å². The quantitative estimate of drug-likeness (QED) is 0.902. The van der Waals surface area contributed by atoms with Gasteiger partial charge in [-0.15, -0.1) is 0 Å². The fourth-order valence-corrected chi connectivity index (χ4v) is 3.21. The van der Waals surface area contributed by atoms with Gasteiger partial charge in [-0.05, 0) is 55.5 Å². The zero-order valence-corrected chi connectivity index (χ0v) is 12.9. The van der Waals surface area contributed by atoms with Crippen molar-refractivity contribution in [3.05, 3.63) is 18.0 Å². The summed E-state index contributed by atoms with van der Waals surface area (Å²) in [6.45, 7) is 9.26. The van der Waals surface area contributed by atoms with Crippen molar-refractivity contribution < 1.29 is 0 Å². The fourth-order valence-electron chi connectivity index (χ4n) is 3.21. The van der Waals surface area contributed by atoms with Gasteiger partial charge in [-0.2, -0.15) is 5.10 Å². The highest BCUT2D eigenvalue weighted by Crippen LogP contribution is 2.39. The number of aromatic nitrogens is 2. The van der Waals surface area contributed by atoms with E-state index in [1.165, 1.54) is 31.4 Å². The van der Waals surface area contributed by atoms with E-state index in [4.69, 9.17) is 0 Å². The summed E-state index contributed by atoms with van der Waals surface area (Å²) in [6, 6.07) is 2.09. The molecule has 0 atom stereocenters. The van der Waals surface area contributed by atoms with Crippen molar-refractivity contribution >= 4 is 0 Å². The standard InChI is InChI=1S/C16H29N3/c1-16(2,3)14-7-5-13(6-8-14)11-17-12-15-9-10-18-19(15)4/h9-10,13-14,17H,5-8,11-12H2,1-4H3. The van der Waals surface area contributed by atoms with Crippen molar-refractivity contribution in [3.8, 4) is 0 Å². The molecule has 1 N–H and O–H groups in total. The Bertz CT molecular complexity index is 381. The number of nitrogens with zero attached hydrogens (tertiary/aromatic N) is 2. The Morgan fingerprint density at radius 1 is 1.26 bits per heavy atom. The van der Waals surface area contributed by atoms with Gasteiger partial charge < -0.3 is 5.32 Å². The molecule has 108 valence electrons. The molecule has 0 unspecified atom stereocenters. The van der Waals surface area contributed by atoms with E-state index in [1.807, 2.05) is 17.9 Å². The van der Waals surface area contributed by atoms with Gasteiger partial charge in [0, 0.05) is 19.8 Å². The molecule has 1 fully saturated rings. The van der Waals surface area contributed by atoms with Crippen LogP contribution in [0, 0.1) is 17.3 Å². The lowest BCUT2D eigenvalue weighted by atomic mass is 9.70. The number of aryl methyl sites for hydroxylation is 1. The van der Waals surface area contributed by atoms with Crippen LogP contribution in [0.1, 0.15) is 52.1 Å². The van der Waals surface area contributed by atoms with E-state index in [0.717, 1.165) is 24.9 Å². The first-order valence-electron chi connectivity index (χ1n) is 7.64.